The zero-order valence-electron chi connectivity index (χ0n) is 14.6. The number of carbonyl (C=O) groups excluding carboxylic acids is 1. The normalized spacial score (nSPS) is 19.1. The van der Waals surface area contributed by atoms with Gasteiger partial charge in [0.15, 0.2) is 11.6 Å². The van der Waals surface area contributed by atoms with Gasteiger partial charge in [0.05, 0.1) is 0 Å². The molecule has 1 N–H and O–H groups in total. The molecule has 134 valence electrons. The van der Waals surface area contributed by atoms with Gasteiger partial charge in [-0.25, -0.2) is 13.6 Å². The lowest BCUT2D eigenvalue weighted by Gasteiger charge is -2.36. The van der Waals surface area contributed by atoms with Crippen molar-refractivity contribution < 1.29 is 18.3 Å². The van der Waals surface area contributed by atoms with Crippen LogP contribution in [0.25, 0.3) is 0 Å². The van der Waals surface area contributed by atoms with E-state index in [2.05, 4.69) is 10.2 Å². The van der Waals surface area contributed by atoms with Gasteiger partial charge in [-0.2, -0.15) is 0 Å². The highest BCUT2D eigenvalue weighted by molar-refractivity contribution is 5.67. The number of alkyl carbamates (subject to hydrolysis) is 1. The molecule has 0 aliphatic carbocycles. The van der Waals surface area contributed by atoms with Crippen molar-refractivity contribution >= 4 is 6.09 Å². The van der Waals surface area contributed by atoms with Gasteiger partial charge in [-0.1, -0.05) is 18.6 Å². The predicted octanol–water partition coefficient (Wildman–Crippen LogP) is 3.84. The van der Waals surface area contributed by atoms with Crippen LogP contribution in [0, 0.1) is 11.6 Å². The van der Waals surface area contributed by atoms with Gasteiger partial charge in [0.25, 0.3) is 0 Å². The molecule has 1 aliphatic heterocycles. The van der Waals surface area contributed by atoms with Crippen molar-refractivity contribution in [2.24, 2.45) is 0 Å². The van der Waals surface area contributed by atoms with Crippen LogP contribution in [0.3, 0.4) is 0 Å². The Morgan fingerprint density at radius 3 is 2.79 bits per heavy atom. The summed E-state index contributed by atoms with van der Waals surface area (Å²) in [6.45, 7) is 7.01. The van der Waals surface area contributed by atoms with Gasteiger partial charge >= 0.3 is 6.09 Å². The standard InChI is InChI=1S/C18H26F2N2O2/c1-18(2,3)24-17(23)21-11-14-8-4-5-10-22(14)12-13-7-6-9-15(19)16(13)20/h6-7,9,14H,4-5,8,10-12H2,1-3H3,(H,21,23)/t14-/m0/s1. The SMILES string of the molecule is CC(C)(C)OC(=O)NC[C@@H]1CCCCN1Cc1cccc(F)c1F. The second-order valence-corrected chi connectivity index (χ2v) is 7.22. The number of nitrogens with zero attached hydrogens (tertiary/aromatic N) is 1. The monoisotopic (exact) mass is 340 g/mol. The number of benzene rings is 1. The van der Waals surface area contributed by atoms with E-state index < -0.39 is 23.3 Å². The van der Waals surface area contributed by atoms with Crippen molar-refractivity contribution in [1.82, 2.24) is 10.2 Å². The summed E-state index contributed by atoms with van der Waals surface area (Å²) in [6.07, 6.45) is 2.53. The second-order valence-electron chi connectivity index (χ2n) is 7.22. The first kappa shape index (κ1) is 18.6. The second kappa shape index (κ2) is 7.92. The Balaban J connectivity index is 1.95. The first-order valence-corrected chi connectivity index (χ1v) is 8.40. The molecule has 1 aromatic carbocycles. The van der Waals surface area contributed by atoms with Crippen molar-refractivity contribution in [3.05, 3.63) is 35.4 Å². The first-order chi connectivity index (χ1) is 11.3. The number of amides is 1. The molecular weight excluding hydrogens is 314 g/mol. The fraction of sp³-hybridized carbons (Fsp3) is 0.611. The third-order valence-electron chi connectivity index (χ3n) is 4.03. The highest BCUT2D eigenvalue weighted by atomic mass is 19.2. The zero-order valence-corrected chi connectivity index (χ0v) is 14.6. The Kier molecular flexibility index (Phi) is 6.15. The molecule has 1 fully saturated rings. The molecule has 0 aromatic heterocycles. The molecule has 6 heteroatoms. The van der Waals surface area contributed by atoms with Gasteiger partial charge in [0, 0.05) is 24.7 Å². The third-order valence-corrected chi connectivity index (χ3v) is 4.03. The van der Waals surface area contributed by atoms with E-state index in [1.807, 2.05) is 20.8 Å². The molecule has 1 heterocycles. The number of rotatable bonds is 4. The van der Waals surface area contributed by atoms with Crippen molar-refractivity contribution in [3.8, 4) is 0 Å². The van der Waals surface area contributed by atoms with Gasteiger partial charge in [0.2, 0.25) is 0 Å². The maximum absolute atomic E-state index is 13.9. The summed E-state index contributed by atoms with van der Waals surface area (Å²) in [5, 5.41) is 2.78. The summed E-state index contributed by atoms with van der Waals surface area (Å²) >= 11 is 0. The van der Waals surface area contributed by atoms with Crippen LogP contribution in [0.2, 0.25) is 0 Å². The van der Waals surface area contributed by atoms with E-state index in [-0.39, 0.29) is 6.04 Å². The number of hydrogen-bond donors (Lipinski definition) is 1. The summed E-state index contributed by atoms with van der Waals surface area (Å²) < 4.78 is 32.5. The van der Waals surface area contributed by atoms with Crippen molar-refractivity contribution in [1.29, 1.82) is 0 Å². The minimum absolute atomic E-state index is 0.0916. The van der Waals surface area contributed by atoms with Crippen molar-refractivity contribution in [2.45, 2.75) is 58.2 Å². The molecule has 0 spiro atoms. The first-order valence-electron chi connectivity index (χ1n) is 8.40. The van der Waals surface area contributed by atoms with E-state index >= 15 is 0 Å². The van der Waals surface area contributed by atoms with Crippen LogP contribution in [0.5, 0.6) is 0 Å². The fourth-order valence-corrected chi connectivity index (χ4v) is 2.90. The van der Waals surface area contributed by atoms with E-state index in [0.717, 1.165) is 31.9 Å². The lowest BCUT2D eigenvalue weighted by Crippen LogP contribution is -2.47. The van der Waals surface area contributed by atoms with Crippen LogP contribution in [-0.2, 0) is 11.3 Å². The number of hydrogen-bond acceptors (Lipinski definition) is 3. The highest BCUT2D eigenvalue weighted by Crippen LogP contribution is 2.21. The molecule has 2 rings (SSSR count). The quantitative estimate of drug-likeness (QED) is 0.905. The van der Waals surface area contributed by atoms with E-state index in [0.29, 0.717) is 18.7 Å². The van der Waals surface area contributed by atoms with Gasteiger partial charge in [0.1, 0.15) is 5.60 Å². The summed E-state index contributed by atoms with van der Waals surface area (Å²) in [4.78, 5) is 13.9. The third kappa shape index (κ3) is 5.44. The zero-order chi connectivity index (χ0) is 17.7. The molecule has 1 atom stereocenters. The largest absolute Gasteiger partial charge is 0.444 e. The number of likely N-dealkylation sites (tertiary alicyclic amines) is 1. The van der Waals surface area contributed by atoms with E-state index in [4.69, 9.17) is 4.74 Å². The molecule has 1 saturated heterocycles. The Morgan fingerprint density at radius 2 is 2.08 bits per heavy atom. The van der Waals surface area contributed by atoms with E-state index in [1.165, 1.54) is 6.07 Å². The topological polar surface area (TPSA) is 41.6 Å². The maximum Gasteiger partial charge on any atom is 0.407 e. The van der Waals surface area contributed by atoms with Crippen LogP contribution in [0.15, 0.2) is 18.2 Å². The summed E-state index contributed by atoms with van der Waals surface area (Å²) in [6, 6.07) is 4.34. The lowest BCUT2D eigenvalue weighted by molar-refractivity contribution is 0.0491. The molecular formula is C18H26F2N2O2. The molecule has 1 aromatic rings. The maximum atomic E-state index is 13.9. The van der Waals surface area contributed by atoms with E-state index in [9.17, 15) is 13.6 Å². The Morgan fingerprint density at radius 1 is 1.33 bits per heavy atom. The van der Waals surface area contributed by atoms with Crippen molar-refractivity contribution in [2.75, 3.05) is 13.1 Å². The van der Waals surface area contributed by atoms with E-state index in [1.54, 1.807) is 6.07 Å². The molecule has 24 heavy (non-hydrogen) atoms. The van der Waals surface area contributed by atoms with Crippen LogP contribution >= 0.6 is 0 Å². The molecule has 1 aliphatic rings. The Hall–Kier alpha value is -1.69. The molecule has 0 unspecified atom stereocenters. The van der Waals surface area contributed by atoms with Crippen LogP contribution in [0.4, 0.5) is 13.6 Å². The fourth-order valence-electron chi connectivity index (χ4n) is 2.90. The van der Waals surface area contributed by atoms with Gasteiger partial charge in [-0.15, -0.1) is 0 Å². The van der Waals surface area contributed by atoms with Crippen LogP contribution < -0.4 is 5.32 Å². The van der Waals surface area contributed by atoms with Gasteiger partial charge < -0.3 is 10.1 Å². The minimum Gasteiger partial charge on any atom is -0.444 e. The number of piperidine rings is 1. The molecule has 0 saturated carbocycles. The number of halogens is 2. The summed E-state index contributed by atoms with van der Waals surface area (Å²) in [7, 11) is 0. The number of nitrogens with one attached hydrogen (secondary N) is 1. The summed E-state index contributed by atoms with van der Waals surface area (Å²) in [5.74, 6) is -1.62. The highest BCUT2D eigenvalue weighted by Gasteiger charge is 2.25. The smallest absolute Gasteiger partial charge is 0.407 e. The number of ether oxygens (including phenoxy) is 1. The predicted molar refractivity (Wildman–Crippen MR) is 88.6 cm³/mol. The molecule has 4 nitrogen and oxygen atoms in total. The summed E-state index contributed by atoms with van der Waals surface area (Å²) in [5.41, 5.74) is -0.194. The molecule has 0 radical (unpaired) electrons. The van der Waals surface area contributed by atoms with Gasteiger partial charge in [-0.3, -0.25) is 4.90 Å². The average molecular weight is 340 g/mol. The average Bonchev–Trinajstić information content (AvgIpc) is 2.49. The lowest BCUT2D eigenvalue weighted by atomic mass is 10.0. The van der Waals surface area contributed by atoms with Gasteiger partial charge in [-0.05, 0) is 46.2 Å². The number of carbonyl (C=O) groups is 1. The Labute approximate surface area is 142 Å². The minimum atomic E-state index is -0.826. The van der Waals surface area contributed by atoms with Crippen LogP contribution in [-0.4, -0.2) is 35.7 Å². The molecule has 0 bridgehead atoms. The Bertz CT molecular complexity index is 573. The van der Waals surface area contributed by atoms with Crippen LogP contribution in [0.1, 0.15) is 45.6 Å². The van der Waals surface area contributed by atoms with Crippen molar-refractivity contribution in [3.63, 3.8) is 0 Å². The molecule has 1 amide bonds.